The molecule has 66 heavy (non-hydrogen) atoms. The van der Waals surface area contributed by atoms with Crippen molar-refractivity contribution in [2.45, 2.75) is 66.1 Å². The monoisotopic (exact) mass is 1040 g/mol. The van der Waals surface area contributed by atoms with E-state index in [1.807, 2.05) is 182 Å². The largest absolute Gasteiger partial charge is 3.00 e. The fourth-order valence-electron chi connectivity index (χ4n) is 7.02. The van der Waals surface area contributed by atoms with Crippen LogP contribution >= 0.6 is 0 Å². The number of rotatable bonds is 13. The Morgan fingerprint density at radius 2 is 0.742 bits per heavy atom. The number of nitrogens with one attached hydrogen (secondary N) is 2. The van der Waals surface area contributed by atoms with Crippen LogP contribution in [0, 0.1) is 74.4 Å². The zero-order valence-electron chi connectivity index (χ0n) is 43.0. The van der Waals surface area contributed by atoms with Crippen LogP contribution < -0.4 is 59.8 Å². The molecule has 10 nitrogen and oxygen atoms in total. The van der Waals surface area contributed by atoms with Gasteiger partial charge in [0.15, 0.2) is 0 Å². The molecule has 0 aliphatic carbocycles. The molecule has 0 aliphatic heterocycles. The molecule has 12 heteroatoms. The molecule has 0 saturated carbocycles. The van der Waals surface area contributed by atoms with Crippen molar-refractivity contribution < 1.29 is 102 Å². The maximum absolute atomic E-state index is 12.2. The van der Waals surface area contributed by atoms with Gasteiger partial charge in [0.25, 0.3) is 0 Å². The number of nitrogens with zero attached hydrogens (tertiary/aromatic N) is 4. The Balaban J connectivity index is 0.000000845. The van der Waals surface area contributed by atoms with E-state index >= 15 is 0 Å². The second kappa shape index (κ2) is 32.8. The summed E-state index contributed by atoms with van der Waals surface area (Å²) in [4.78, 5) is 10.7. The van der Waals surface area contributed by atoms with Gasteiger partial charge in [0, 0.05) is 31.7 Å². The van der Waals surface area contributed by atoms with E-state index in [0.29, 0.717) is 18.7 Å². The first-order chi connectivity index (χ1) is 30.1. The fraction of sp³-hybridized carbons (Fsp3) is 0.407. The molecule has 0 bridgehead atoms. The van der Waals surface area contributed by atoms with E-state index in [9.17, 15) is 20.4 Å². The van der Waals surface area contributed by atoms with Crippen molar-refractivity contribution >= 4 is 0 Å². The number of hydrogen-bond acceptors (Lipinski definition) is 8. The maximum atomic E-state index is 12.2. The van der Waals surface area contributed by atoms with Crippen molar-refractivity contribution in [2.75, 3.05) is 84.6 Å². The van der Waals surface area contributed by atoms with Crippen molar-refractivity contribution in [3.05, 3.63) is 158 Å². The third kappa shape index (κ3) is 25.0. The van der Waals surface area contributed by atoms with Crippen LogP contribution in [-0.4, -0.2) is 104 Å². The summed E-state index contributed by atoms with van der Waals surface area (Å²) in [6, 6.07) is 30.7. The molecule has 5 aromatic carbocycles. The van der Waals surface area contributed by atoms with Crippen LogP contribution in [0.2, 0.25) is 0 Å². The van der Waals surface area contributed by atoms with Crippen molar-refractivity contribution in [1.82, 2.24) is 19.6 Å². The molecule has 0 heterocycles. The van der Waals surface area contributed by atoms with Gasteiger partial charge in [-0.25, -0.2) is 0 Å². The van der Waals surface area contributed by atoms with Gasteiger partial charge < -0.3 is 49.8 Å². The van der Waals surface area contributed by atoms with Crippen molar-refractivity contribution in [1.29, 1.82) is 0 Å². The van der Waals surface area contributed by atoms with Gasteiger partial charge in [-0.15, -0.1) is 5.92 Å². The minimum Gasteiger partial charge on any atom is -0.872 e. The summed E-state index contributed by atoms with van der Waals surface area (Å²) in [5.74, 6) is 6.20. The van der Waals surface area contributed by atoms with Crippen LogP contribution in [0.5, 0.6) is 17.2 Å². The normalized spacial score (nSPS) is 11.1. The summed E-state index contributed by atoms with van der Waals surface area (Å²) in [5, 5.41) is 48.2. The van der Waals surface area contributed by atoms with Gasteiger partial charge in [0.05, 0.1) is 28.2 Å². The second-order valence-corrected chi connectivity index (χ2v) is 18.4. The molecule has 349 valence electrons. The Morgan fingerprint density at radius 1 is 0.470 bits per heavy atom. The molecular formula is C54H76CeN6NaO4+2. The molecule has 0 aromatic heterocycles. The average molecular weight is 1040 g/mol. The van der Waals surface area contributed by atoms with E-state index in [1.54, 1.807) is 12.1 Å². The zero-order valence-corrected chi connectivity index (χ0v) is 48.1. The van der Waals surface area contributed by atoms with Crippen LogP contribution in [0.15, 0.2) is 97.1 Å². The van der Waals surface area contributed by atoms with E-state index in [1.165, 1.54) is 20.9 Å². The van der Waals surface area contributed by atoms with E-state index in [2.05, 4.69) is 40.0 Å². The molecule has 0 aliphatic rings. The average Bonchev–Trinajstić information content (AvgIpc) is 3.19. The zero-order chi connectivity index (χ0) is 48.1. The number of quaternary nitrogens is 2. The standard InChI is InChI=1S/C15H11O.3C13H22N2O.Ce.Na/c16-15(14-9-5-2-6-10-14)12-11-13-7-3-1-4-8-13;3*1-10-6-11(8-14(2)3)13(16)12(7-10)9-15(4)5;;/h1-10,15H;3*6-7,16H,8-9H2,1-5H3;;/q-1;;;;+3;+1/p-1/t15-;;;;;/m0...../s1. The quantitative estimate of drug-likeness (QED) is 0.124. The van der Waals surface area contributed by atoms with Gasteiger partial charge in [0.2, 0.25) is 0 Å². The first-order valence-corrected chi connectivity index (χ1v) is 21.9. The Kier molecular flexibility index (Phi) is 31.4. The van der Waals surface area contributed by atoms with E-state index in [-0.39, 0.29) is 88.6 Å². The molecule has 0 amide bonds. The third-order valence-corrected chi connectivity index (χ3v) is 9.42. The van der Waals surface area contributed by atoms with Gasteiger partial charge in [0.1, 0.15) is 13.1 Å². The summed E-state index contributed by atoms with van der Waals surface area (Å²) in [7, 11) is 24.1. The first-order valence-electron chi connectivity index (χ1n) is 21.9. The van der Waals surface area contributed by atoms with E-state index < -0.39 is 6.10 Å². The molecule has 5 rings (SSSR count). The van der Waals surface area contributed by atoms with Crippen LogP contribution in [-0.2, 0) is 39.3 Å². The van der Waals surface area contributed by atoms with Gasteiger partial charge in [-0.3, -0.25) is 0 Å². The van der Waals surface area contributed by atoms with Crippen LogP contribution in [0.1, 0.15) is 67.3 Å². The molecule has 1 atom stereocenters. The van der Waals surface area contributed by atoms with Crippen LogP contribution in [0.25, 0.3) is 0 Å². The van der Waals surface area contributed by atoms with E-state index in [4.69, 9.17) is 0 Å². The topological polar surface area (TPSA) is 114 Å². The Hall–Kier alpha value is -2.84. The Morgan fingerprint density at radius 3 is 1.03 bits per heavy atom. The number of hydrogen-bond donors (Lipinski definition) is 2. The predicted molar refractivity (Wildman–Crippen MR) is 257 cm³/mol. The Bertz CT molecular complexity index is 1940. The second-order valence-electron chi connectivity index (χ2n) is 18.4. The van der Waals surface area contributed by atoms with Gasteiger partial charge in [-0.1, -0.05) is 125 Å². The minimum absolute atomic E-state index is 0. The minimum atomic E-state index is -0.971. The summed E-state index contributed by atoms with van der Waals surface area (Å²) in [6.07, 6.45) is -0.971. The molecule has 0 saturated heterocycles. The van der Waals surface area contributed by atoms with Crippen molar-refractivity contribution in [3.8, 4) is 29.1 Å². The fourth-order valence-corrected chi connectivity index (χ4v) is 7.02. The molecule has 0 fully saturated rings. The number of aryl methyl sites for hydroxylation is 3. The maximum Gasteiger partial charge on any atom is 3.00 e. The summed E-state index contributed by atoms with van der Waals surface area (Å²) in [6.45, 7) is 10.6. The van der Waals surface area contributed by atoms with Crippen LogP contribution in [0.3, 0.4) is 0 Å². The van der Waals surface area contributed by atoms with Gasteiger partial charge in [-0.05, 0) is 134 Å². The molecular weight excluding hydrogens is 960 g/mol. The van der Waals surface area contributed by atoms with Crippen molar-refractivity contribution in [2.24, 2.45) is 0 Å². The predicted octanol–water partition coefficient (Wildman–Crippen LogP) is -0.115. The van der Waals surface area contributed by atoms with Crippen molar-refractivity contribution in [3.63, 3.8) is 0 Å². The van der Waals surface area contributed by atoms with E-state index in [0.717, 1.165) is 70.7 Å². The molecule has 0 spiro atoms. The number of benzene rings is 5. The first kappa shape index (κ1) is 63.2. The SMILES string of the molecule is Cc1cc(CN(C)C)c([O-])c(CN(C)C)c1.Cc1cc(CN(C)C)c([O-])c(C[NH+](C)C)c1.Cc1cc(CN(C)C)c([O-])c(C[NH+](C)C)c1.[Ce+3].[Na+].[O-][C@@H](C#Cc1ccccc1)c1ccccc1. The Labute approximate surface area is 454 Å². The molecule has 0 unspecified atom stereocenters. The summed E-state index contributed by atoms with van der Waals surface area (Å²) < 4.78 is 0. The van der Waals surface area contributed by atoms with Gasteiger partial charge >= 0.3 is 71.3 Å². The third-order valence-electron chi connectivity index (χ3n) is 9.42. The smallest absolute Gasteiger partial charge is 0.872 e. The van der Waals surface area contributed by atoms with Gasteiger partial charge in [-0.2, -0.15) is 0 Å². The molecule has 2 N–H and O–H groups in total. The summed E-state index contributed by atoms with van der Waals surface area (Å²) >= 11 is 0. The van der Waals surface area contributed by atoms with Crippen LogP contribution in [0.4, 0.5) is 0 Å². The molecule has 5 aromatic rings. The molecule has 1 radical (unpaired) electrons. The summed E-state index contributed by atoms with van der Waals surface area (Å²) in [5.41, 5.74) is 10.5.